The van der Waals surface area contributed by atoms with Gasteiger partial charge >= 0.3 is 0 Å². The van der Waals surface area contributed by atoms with Crippen molar-refractivity contribution in [2.24, 2.45) is 10.7 Å². The molecule has 154 valence electrons. The smallest absolute Gasteiger partial charge is 0.193 e. The quantitative estimate of drug-likeness (QED) is 0.289. The summed E-state index contributed by atoms with van der Waals surface area (Å²) in [5, 5.41) is 13.3. The van der Waals surface area contributed by atoms with Gasteiger partial charge in [-0.2, -0.15) is 0 Å². The standard InChI is InChI=1S/C19H25N3O5.HI/c1-24-14-7-12(8-15(10-14)25-2)16(23)11-21-19(20)22-13-5-6-17(26-3)18(9-13)27-4;/h5-10,16,23H,11H2,1-4H3,(H3,20,21,22);1H. The van der Waals surface area contributed by atoms with E-state index in [1.54, 1.807) is 64.8 Å². The first-order chi connectivity index (χ1) is 13.0. The van der Waals surface area contributed by atoms with Gasteiger partial charge in [-0.05, 0) is 29.8 Å². The number of nitrogens with zero attached hydrogens (tertiary/aromatic N) is 1. The van der Waals surface area contributed by atoms with Gasteiger partial charge in [0.1, 0.15) is 11.5 Å². The van der Waals surface area contributed by atoms with Crippen molar-refractivity contribution in [3.63, 3.8) is 0 Å². The van der Waals surface area contributed by atoms with Crippen LogP contribution in [-0.2, 0) is 0 Å². The summed E-state index contributed by atoms with van der Waals surface area (Å²) in [6, 6.07) is 10.5. The third-order valence-corrected chi connectivity index (χ3v) is 3.85. The van der Waals surface area contributed by atoms with E-state index in [0.717, 1.165) is 0 Å². The zero-order chi connectivity index (χ0) is 19.8. The fourth-order valence-corrected chi connectivity index (χ4v) is 2.41. The Balaban J connectivity index is 0.00000392. The van der Waals surface area contributed by atoms with Crippen LogP contribution in [0.4, 0.5) is 5.69 Å². The molecule has 2 aromatic rings. The van der Waals surface area contributed by atoms with Crippen LogP contribution in [0.3, 0.4) is 0 Å². The Labute approximate surface area is 181 Å². The Morgan fingerprint density at radius 1 is 0.964 bits per heavy atom. The first kappa shape index (κ1) is 23.6. The van der Waals surface area contributed by atoms with Crippen molar-refractivity contribution < 1.29 is 24.1 Å². The summed E-state index contributed by atoms with van der Waals surface area (Å²) in [5.41, 5.74) is 7.22. The lowest BCUT2D eigenvalue weighted by molar-refractivity contribution is 0.186. The number of guanidine groups is 1. The molecular formula is C19H26IN3O5. The Morgan fingerprint density at radius 2 is 1.57 bits per heavy atom. The zero-order valence-electron chi connectivity index (χ0n) is 16.3. The highest BCUT2D eigenvalue weighted by molar-refractivity contribution is 14.0. The van der Waals surface area contributed by atoms with E-state index >= 15 is 0 Å². The number of methoxy groups -OCH3 is 4. The number of hydrogen-bond acceptors (Lipinski definition) is 6. The van der Waals surface area contributed by atoms with Crippen LogP contribution in [0.2, 0.25) is 0 Å². The highest BCUT2D eigenvalue weighted by Gasteiger charge is 2.11. The first-order valence-electron chi connectivity index (χ1n) is 8.20. The van der Waals surface area contributed by atoms with Crippen LogP contribution in [0.5, 0.6) is 23.0 Å². The molecule has 0 radical (unpaired) electrons. The van der Waals surface area contributed by atoms with E-state index in [4.69, 9.17) is 24.7 Å². The van der Waals surface area contributed by atoms with Gasteiger partial charge < -0.3 is 35.1 Å². The summed E-state index contributed by atoms with van der Waals surface area (Å²) in [6.07, 6.45) is -0.861. The lowest BCUT2D eigenvalue weighted by Crippen LogP contribution is -2.23. The number of aliphatic imine (C=N–C) groups is 1. The van der Waals surface area contributed by atoms with Gasteiger partial charge in [0.15, 0.2) is 17.5 Å². The van der Waals surface area contributed by atoms with Crippen molar-refractivity contribution in [3.05, 3.63) is 42.0 Å². The summed E-state index contributed by atoms with van der Waals surface area (Å²) >= 11 is 0. The number of benzene rings is 2. The summed E-state index contributed by atoms with van der Waals surface area (Å²) in [6.45, 7) is 0.0719. The molecule has 1 atom stereocenters. The first-order valence-corrected chi connectivity index (χ1v) is 8.20. The molecule has 0 aliphatic heterocycles. The van der Waals surface area contributed by atoms with Crippen molar-refractivity contribution >= 4 is 35.6 Å². The highest BCUT2D eigenvalue weighted by Crippen LogP contribution is 2.30. The SMILES string of the molecule is COc1cc(OC)cc(C(O)CN=C(N)Nc2ccc(OC)c(OC)c2)c1.I. The molecular weight excluding hydrogens is 477 g/mol. The maximum absolute atomic E-state index is 10.4. The number of ether oxygens (including phenoxy) is 4. The van der Waals surface area contributed by atoms with E-state index in [9.17, 15) is 5.11 Å². The molecule has 0 saturated heterocycles. The molecule has 8 nitrogen and oxygen atoms in total. The van der Waals surface area contributed by atoms with Crippen LogP contribution in [0, 0.1) is 0 Å². The maximum Gasteiger partial charge on any atom is 0.193 e. The van der Waals surface area contributed by atoms with Crippen molar-refractivity contribution in [1.29, 1.82) is 0 Å². The number of anilines is 1. The van der Waals surface area contributed by atoms with Gasteiger partial charge in [0.2, 0.25) is 0 Å². The molecule has 9 heteroatoms. The van der Waals surface area contributed by atoms with Gasteiger partial charge in [-0.1, -0.05) is 0 Å². The van der Waals surface area contributed by atoms with Gasteiger partial charge in [-0.25, -0.2) is 0 Å². The largest absolute Gasteiger partial charge is 0.497 e. The summed E-state index contributed by atoms with van der Waals surface area (Å²) in [7, 11) is 6.22. The third-order valence-electron chi connectivity index (χ3n) is 3.85. The minimum absolute atomic E-state index is 0. The van der Waals surface area contributed by atoms with Gasteiger partial charge in [0, 0.05) is 17.8 Å². The van der Waals surface area contributed by atoms with Gasteiger partial charge in [0.05, 0.1) is 41.1 Å². The van der Waals surface area contributed by atoms with Crippen molar-refractivity contribution in [2.45, 2.75) is 6.10 Å². The number of aliphatic hydroxyl groups is 1. The molecule has 0 fully saturated rings. The van der Waals surface area contributed by atoms with Crippen molar-refractivity contribution in [2.75, 3.05) is 40.3 Å². The number of aliphatic hydroxyl groups excluding tert-OH is 1. The third kappa shape index (κ3) is 6.34. The topological polar surface area (TPSA) is 108 Å². The second-order valence-corrected chi connectivity index (χ2v) is 5.58. The molecule has 0 aromatic heterocycles. The van der Waals surface area contributed by atoms with Crippen LogP contribution < -0.4 is 30.0 Å². The molecule has 28 heavy (non-hydrogen) atoms. The van der Waals surface area contributed by atoms with Crippen molar-refractivity contribution in [1.82, 2.24) is 0 Å². The number of nitrogens with one attached hydrogen (secondary N) is 1. The van der Waals surface area contributed by atoms with Crippen LogP contribution in [-0.4, -0.2) is 46.1 Å². The Kier molecular flexibility index (Phi) is 9.66. The molecule has 0 aliphatic carbocycles. The van der Waals surface area contributed by atoms with Crippen molar-refractivity contribution in [3.8, 4) is 23.0 Å². The number of hydrogen-bond donors (Lipinski definition) is 3. The van der Waals surface area contributed by atoms with E-state index in [0.29, 0.717) is 34.2 Å². The minimum Gasteiger partial charge on any atom is -0.497 e. The average molecular weight is 503 g/mol. The molecule has 4 N–H and O–H groups in total. The molecule has 0 saturated carbocycles. The average Bonchev–Trinajstić information content (AvgIpc) is 2.71. The molecule has 1 unspecified atom stereocenters. The van der Waals surface area contributed by atoms with E-state index in [1.807, 2.05) is 0 Å². The zero-order valence-corrected chi connectivity index (χ0v) is 18.6. The Hall–Kier alpha value is -2.40. The van der Waals surface area contributed by atoms with Crippen LogP contribution in [0.1, 0.15) is 11.7 Å². The summed E-state index contributed by atoms with van der Waals surface area (Å²) < 4.78 is 20.9. The Morgan fingerprint density at radius 3 is 2.11 bits per heavy atom. The van der Waals surface area contributed by atoms with E-state index < -0.39 is 6.10 Å². The summed E-state index contributed by atoms with van der Waals surface area (Å²) in [4.78, 5) is 4.18. The molecule has 0 aliphatic rings. The highest BCUT2D eigenvalue weighted by atomic mass is 127. The molecule has 0 amide bonds. The van der Waals surface area contributed by atoms with Crippen LogP contribution in [0.15, 0.2) is 41.4 Å². The van der Waals surface area contributed by atoms with E-state index in [-0.39, 0.29) is 36.5 Å². The fraction of sp³-hybridized carbons (Fsp3) is 0.316. The summed E-state index contributed by atoms with van der Waals surface area (Å²) in [5.74, 6) is 2.52. The van der Waals surface area contributed by atoms with E-state index in [2.05, 4.69) is 10.3 Å². The number of nitrogens with two attached hydrogens (primary N) is 1. The van der Waals surface area contributed by atoms with Crippen LogP contribution in [0.25, 0.3) is 0 Å². The lowest BCUT2D eigenvalue weighted by Gasteiger charge is -2.13. The van der Waals surface area contributed by atoms with Gasteiger partial charge in [0.25, 0.3) is 0 Å². The maximum atomic E-state index is 10.4. The van der Waals surface area contributed by atoms with E-state index in [1.165, 1.54) is 0 Å². The van der Waals surface area contributed by atoms with Gasteiger partial charge in [-0.3, -0.25) is 4.99 Å². The molecule has 0 spiro atoms. The predicted octanol–water partition coefficient (Wildman–Crippen LogP) is 2.80. The lowest BCUT2D eigenvalue weighted by atomic mass is 10.1. The predicted molar refractivity (Wildman–Crippen MR) is 120 cm³/mol. The normalized spacial score (nSPS) is 11.8. The van der Waals surface area contributed by atoms with Gasteiger partial charge in [-0.15, -0.1) is 24.0 Å². The molecule has 0 heterocycles. The Bertz CT molecular complexity index is 779. The number of rotatable bonds is 8. The second kappa shape index (κ2) is 11.4. The van der Waals surface area contributed by atoms with Crippen LogP contribution >= 0.6 is 24.0 Å². The number of halogens is 1. The second-order valence-electron chi connectivity index (χ2n) is 5.58. The monoisotopic (exact) mass is 503 g/mol. The molecule has 0 bridgehead atoms. The molecule has 2 rings (SSSR count). The molecule has 2 aromatic carbocycles. The fourth-order valence-electron chi connectivity index (χ4n) is 2.41. The minimum atomic E-state index is -0.861.